The Kier molecular flexibility index (Phi) is 5.37. The number of piperidine rings is 1. The molecule has 0 aromatic heterocycles. The van der Waals surface area contributed by atoms with E-state index in [9.17, 15) is 14.7 Å². The molecule has 176 valence electrons. The third kappa shape index (κ3) is 3.40. The Labute approximate surface area is 194 Å². The molecule has 0 aliphatic carbocycles. The summed E-state index contributed by atoms with van der Waals surface area (Å²) in [5, 5.41) is 11.2. The summed E-state index contributed by atoms with van der Waals surface area (Å²) in [4.78, 5) is 29.2. The molecule has 4 heterocycles. The first-order valence-electron chi connectivity index (χ1n) is 11.8. The Hall–Kier alpha value is -2.64. The minimum Gasteiger partial charge on any atom is -0.489 e. The van der Waals surface area contributed by atoms with Crippen LogP contribution in [0.4, 0.5) is 0 Å². The van der Waals surface area contributed by atoms with Crippen molar-refractivity contribution in [2.24, 2.45) is 5.41 Å². The molecule has 1 N–H and O–H groups in total. The number of rotatable bonds is 4. The number of carbonyl (C=O) groups is 2. The molecule has 5 rings (SSSR count). The number of nitrogens with zero attached hydrogens (tertiary/aromatic N) is 2. The van der Waals surface area contributed by atoms with Crippen LogP contribution in [0.15, 0.2) is 30.0 Å². The van der Waals surface area contributed by atoms with Gasteiger partial charge in [0.05, 0.1) is 22.8 Å². The van der Waals surface area contributed by atoms with Crippen molar-refractivity contribution in [1.82, 2.24) is 9.80 Å². The molecule has 1 spiro atoms. The van der Waals surface area contributed by atoms with Gasteiger partial charge >= 0.3 is 5.97 Å². The fourth-order valence-electron chi connectivity index (χ4n) is 5.89. The lowest BCUT2D eigenvalue weighted by atomic mass is 9.76. The molecule has 7 heteroatoms. The number of hydrogen-bond acceptors (Lipinski definition) is 6. The summed E-state index contributed by atoms with van der Waals surface area (Å²) < 4.78 is 10.7. The molecule has 33 heavy (non-hydrogen) atoms. The highest BCUT2D eigenvalue weighted by Crippen LogP contribution is 2.45. The Morgan fingerprint density at radius 3 is 2.42 bits per heavy atom. The van der Waals surface area contributed by atoms with Crippen molar-refractivity contribution in [3.63, 3.8) is 0 Å². The number of benzene rings is 1. The van der Waals surface area contributed by atoms with Crippen LogP contribution in [-0.4, -0.2) is 59.1 Å². The average molecular weight is 453 g/mol. The van der Waals surface area contributed by atoms with Crippen LogP contribution >= 0.6 is 0 Å². The quantitative estimate of drug-likeness (QED) is 0.708. The molecule has 0 radical (unpaired) electrons. The first kappa shape index (κ1) is 22.2. The van der Waals surface area contributed by atoms with Gasteiger partial charge in [-0.15, -0.1) is 0 Å². The van der Waals surface area contributed by atoms with Crippen molar-refractivity contribution in [2.45, 2.75) is 58.8 Å². The zero-order valence-corrected chi connectivity index (χ0v) is 19.6. The lowest BCUT2D eigenvalue weighted by Crippen LogP contribution is -2.48. The molecular formula is C26H32N2O5. The van der Waals surface area contributed by atoms with Gasteiger partial charge in [0.25, 0.3) is 0 Å². The lowest BCUT2D eigenvalue weighted by Gasteiger charge is -2.42. The molecule has 0 saturated carbocycles. The number of hydrogen-bond donors (Lipinski definition) is 1. The maximum absolute atomic E-state index is 13.4. The zero-order valence-electron chi connectivity index (χ0n) is 19.6. The number of esters is 1. The van der Waals surface area contributed by atoms with Gasteiger partial charge in [-0.3, -0.25) is 9.69 Å². The van der Waals surface area contributed by atoms with Crippen LogP contribution in [0.25, 0.3) is 5.76 Å². The van der Waals surface area contributed by atoms with E-state index in [4.69, 9.17) is 9.47 Å². The minimum atomic E-state index is -0.622. The summed E-state index contributed by atoms with van der Waals surface area (Å²) in [6.45, 7) is 12.6. The van der Waals surface area contributed by atoms with Crippen molar-refractivity contribution in [3.8, 4) is 0 Å². The average Bonchev–Trinajstić information content (AvgIpc) is 3.45. The van der Waals surface area contributed by atoms with E-state index in [1.165, 1.54) is 0 Å². The molecule has 0 unspecified atom stereocenters. The monoisotopic (exact) mass is 452 g/mol. The molecule has 0 bridgehead atoms. The topological polar surface area (TPSA) is 79.3 Å². The third-order valence-corrected chi connectivity index (χ3v) is 8.36. The molecule has 4 aliphatic rings. The fraction of sp³-hybridized carbons (Fsp3) is 0.538. The maximum Gasteiger partial charge on any atom is 0.336 e. The van der Waals surface area contributed by atoms with Gasteiger partial charge in [0.2, 0.25) is 5.91 Å². The second-order valence-corrected chi connectivity index (χ2v) is 9.87. The van der Waals surface area contributed by atoms with E-state index in [0.717, 1.165) is 60.3 Å². The van der Waals surface area contributed by atoms with E-state index < -0.39 is 6.10 Å². The zero-order chi connectivity index (χ0) is 23.5. The maximum atomic E-state index is 13.4. The molecule has 7 nitrogen and oxygen atoms in total. The van der Waals surface area contributed by atoms with Gasteiger partial charge in [-0.2, -0.15) is 0 Å². The second kappa shape index (κ2) is 7.99. The second-order valence-electron chi connectivity index (χ2n) is 9.87. The van der Waals surface area contributed by atoms with Crippen molar-refractivity contribution in [3.05, 3.63) is 52.2 Å². The van der Waals surface area contributed by atoms with Crippen LogP contribution < -0.4 is 0 Å². The number of aliphatic hydroxyl groups is 1. The van der Waals surface area contributed by atoms with Crippen LogP contribution in [0.1, 0.15) is 61.5 Å². The molecule has 1 amide bonds. The Balaban J connectivity index is 1.27. The number of amides is 1. The predicted octanol–water partition coefficient (Wildman–Crippen LogP) is 3.06. The minimum absolute atomic E-state index is 0.0666. The van der Waals surface area contributed by atoms with Gasteiger partial charge in [0.1, 0.15) is 19.0 Å². The number of cyclic esters (lactones) is 1. The third-order valence-electron chi connectivity index (χ3n) is 8.36. The van der Waals surface area contributed by atoms with Crippen molar-refractivity contribution in [2.75, 3.05) is 26.2 Å². The van der Waals surface area contributed by atoms with Gasteiger partial charge in [-0.25, -0.2) is 4.79 Å². The van der Waals surface area contributed by atoms with E-state index in [1.807, 2.05) is 19.1 Å². The first-order chi connectivity index (χ1) is 15.7. The van der Waals surface area contributed by atoms with Crippen molar-refractivity contribution >= 4 is 17.6 Å². The highest BCUT2D eigenvalue weighted by molar-refractivity contribution is 5.94. The van der Waals surface area contributed by atoms with Crippen LogP contribution in [0.2, 0.25) is 0 Å². The molecule has 4 aliphatic heterocycles. The highest BCUT2D eigenvalue weighted by atomic mass is 16.5. The Morgan fingerprint density at radius 1 is 1.06 bits per heavy atom. The lowest BCUT2D eigenvalue weighted by molar-refractivity contribution is -0.139. The van der Waals surface area contributed by atoms with Gasteiger partial charge in [0.15, 0.2) is 0 Å². The van der Waals surface area contributed by atoms with Gasteiger partial charge in [-0.05, 0) is 64.3 Å². The van der Waals surface area contributed by atoms with E-state index in [2.05, 4.69) is 18.4 Å². The number of ether oxygens (including phenoxy) is 2. The summed E-state index contributed by atoms with van der Waals surface area (Å²) in [6.07, 6.45) is 1.70. The molecular weight excluding hydrogens is 420 g/mol. The molecule has 2 saturated heterocycles. The summed E-state index contributed by atoms with van der Waals surface area (Å²) in [7, 11) is 0. The number of likely N-dealkylation sites (tertiary alicyclic amines) is 2. The van der Waals surface area contributed by atoms with E-state index in [1.54, 1.807) is 11.8 Å². The predicted molar refractivity (Wildman–Crippen MR) is 123 cm³/mol. The van der Waals surface area contributed by atoms with Crippen molar-refractivity contribution in [1.29, 1.82) is 0 Å². The smallest absolute Gasteiger partial charge is 0.336 e. The SMILES string of the molecule is C=C1OCc2c1ccc([C@H](O)[C@@H](C)N1CCC3(CCN(C4=C(C)C(=O)OC4)C3=O)CC1)c2C. The molecule has 1 aromatic rings. The molecule has 1 aromatic carbocycles. The van der Waals surface area contributed by atoms with Crippen LogP contribution in [-0.2, 0) is 25.7 Å². The van der Waals surface area contributed by atoms with Crippen LogP contribution in [0.3, 0.4) is 0 Å². The Bertz CT molecular complexity index is 1070. The van der Waals surface area contributed by atoms with E-state index in [-0.39, 0.29) is 29.9 Å². The number of carbonyl (C=O) groups excluding carboxylic acids is 2. The summed E-state index contributed by atoms with van der Waals surface area (Å²) in [5.41, 5.74) is 5.03. The molecule has 2 atom stereocenters. The van der Waals surface area contributed by atoms with Crippen molar-refractivity contribution < 1.29 is 24.2 Å². The fourth-order valence-corrected chi connectivity index (χ4v) is 5.89. The Morgan fingerprint density at radius 2 is 1.76 bits per heavy atom. The molecule has 2 fully saturated rings. The van der Waals surface area contributed by atoms with Crippen LogP contribution in [0.5, 0.6) is 0 Å². The van der Waals surface area contributed by atoms with Gasteiger partial charge < -0.3 is 19.5 Å². The highest BCUT2D eigenvalue weighted by Gasteiger charge is 2.50. The summed E-state index contributed by atoms with van der Waals surface area (Å²) >= 11 is 0. The number of fused-ring (bicyclic) bond motifs is 1. The van der Waals surface area contributed by atoms with Crippen LogP contribution in [0, 0.1) is 12.3 Å². The standard InChI is InChI=1S/C26H32N2O5/c1-15-19(5-6-20-18(4)32-13-21(15)20)23(29)17(3)27-10-7-26(8-11-27)9-12-28(25(26)31)22-14-33-24(30)16(22)2/h5-6,17,23,29H,4,7-14H2,1-3H3/t17-,23-/m1/s1. The normalized spacial score (nSPS) is 24.4. The van der Waals surface area contributed by atoms with E-state index >= 15 is 0 Å². The van der Waals surface area contributed by atoms with Gasteiger partial charge in [0, 0.05) is 23.7 Å². The summed E-state index contributed by atoms with van der Waals surface area (Å²) in [6, 6.07) is 3.91. The largest absolute Gasteiger partial charge is 0.489 e. The van der Waals surface area contributed by atoms with Gasteiger partial charge in [-0.1, -0.05) is 18.7 Å². The first-order valence-corrected chi connectivity index (χ1v) is 11.8. The number of aliphatic hydroxyl groups excluding tert-OH is 1. The van der Waals surface area contributed by atoms with E-state index in [0.29, 0.717) is 24.5 Å². The summed E-state index contributed by atoms with van der Waals surface area (Å²) in [5.74, 6) is 0.491.